The maximum atomic E-state index is 12.2. The van der Waals surface area contributed by atoms with E-state index in [4.69, 9.17) is 33.3 Å². The van der Waals surface area contributed by atoms with Crippen molar-refractivity contribution in [1.29, 1.82) is 0 Å². The molecule has 40 heavy (non-hydrogen) atoms. The third-order valence-electron chi connectivity index (χ3n) is 7.42. The van der Waals surface area contributed by atoms with Crippen LogP contribution < -0.4 is 11.3 Å². The van der Waals surface area contributed by atoms with E-state index in [1.807, 2.05) is 16.8 Å². The summed E-state index contributed by atoms with van der Waals surface area (Å²) in [6.07, 6.45) is 4.85. The summed E-state index contributed by atoms with van der Waals surface area (Å²) in [5.74, 6) is 0.815. The molecule has 7 rings (SSSR count). The predicted molar refractivity (Wildman–Crippen MR) is 143 cm³/mol. The average molecular weight is 591 g/mol. The van der Waals surface area contributed by atoms with Crippen LogP contribution in [0.2, 0.25) is 0 Å². The first-order chi connectivity index (χ1) is 19.6. The second-order valence-corrected chi connectivity index (χ2v) is 11.2. The van der Waals surface area contributed by atoms with Gasteiger partial charge in [0.05, 0.1) is 31.3 Å². The fraction of sp³-hybridized carbons (Fsp3) is 0.478. The molecule has 3 aliphatic rings. The highest BCUT2D eigenvalue weighted by molar-refractivity contribution is 7.26. The van der Waals surface area contributed by atoms with Crippen molar-refractivity contribution in [2.75, 3.05) is 25.6 Å². The topological polar surface area (TPSA) is 172 Å². The van der Waals surface area contributed by atoms with E-state index in [0.717, 1.165) is 5.39 Å². The van der Waals surface area contributed by atoms with E-state index in [-0.39, 0.29) is 46.1 Å². The van der Waals surface area contributed by atoms with Gasteiger partial charge in [0.2, 0.25) is 5.78 Å². The van der Waals surface area contributed by atoms with Crippen molar-refractivity contribution in [3.8, 4) is 0 Å². The second-order valence-electron chi connectivity index (χ2n) is 9.74. The lowest BCUT2D eigenvalue weighted by Crippen LogP contribution is -2.35. The molecule has 4 aromatic heterocycles. The zero-order chi connectivity index (χ0) is 27.2. The molecule has 3 saturated heterocycles. The molecule has 4 aromatic rings. The van der Waals surface area contributed by atoms with Crippen molar-refractivity contribution in [2.24, 2.45) is 5.92 Å². The number of imidazole rings is 1. The molecule has 17 heteroatoms. The number of rotatable bonds is 2. The lowest BCUT2D eigenvalue weighted by atomic mass is 10.0. The van der Waals surface area contributed by atoms with Crippen molar-refractivity contribution in [1.82, 2.24) is 28.5 Å². The minimum absolute atomic E-state index is 0.0340. The summed E-state index contributed by atoms with van der Waals surface area (Å²) < 4.78 is 41.2. The highest BCUT2D eigenvalue weighted by atomic mass is 31.1. The summed E-state index contributed by atoms with van der Waals surface area (Å²) in [6, 6.07) is 3.28. The molecule has 3 fully saturated rings. The molecular formula is C23H27N7O8P2. The Bertz CT molecular complexity index is 1570. The summed E-state index contributed by atoms with van der Waals surface area (Å²) in [7, 11) is -0.670. The van der Waals surface area contributed by atoms with Crippen molar-refractivity contribution in [3.63, 3.8) is 0 Å². The number of anilines is 1. The quantitative estimate of drug-likeness (QED) is 0.319. The van der Waals surface area contributed by atoms with Gasteiger partial charge in [0.1, 0.15) is 42.3 Å². The molecule has 0 saturated carbocycles. The Hall–Kier alpha value is -2.58. The number of nitrogen functional groups attached to an aromatic ring is 1. The minimum Gasteiger partial charge on any atom is -0.387 e. The highest BCUT2D eigenvalue weighted by Crippen LogP contribution is 2.41. The second kappa shape index (κ2) is 11.0. The van der Waals surface area contributed by atoms with Crippen LogP contribution in [0.15, 0.2) is 48.0 Å². The van der Waals surface area contributed by atoms with E-state index in [1.54, 1.807) is 17.0 Å². The summed E-state index contributed by atoms with van der Waals surface area (Å²) in [6.45, 7) is 0.746. The van der Waals surface area contributed by atoms with Crippen LogP contribution in [0, 0.1) is 5.92 Å². The van der Waals surface area contributed by atoms with Crippen LogP contribution in [0.5, 0.6) is 0 Å². The van der Waals surface area contributed by atoms with Gasteiger partial charge in [-0.25, -0.2) is 15.0 Å². The molecular weight excluding hydrogens is 564 g/mol. The largest absolute Gasteiger partial charge is 0.387 e. The standard InChI is InChI=1S/C23H27N7O8P2/c24-20-13-1-4-29(21(13)27-11-26-20)17-7-12-8-33-39-34-10-15-18(32)19(38-40-35-9-14(12)36-17)22(37-15)30-5-2-16(31)28-6-3-25-23(28)30/h1-6,11-12,14-15,17-19,22,32,39-40H,7-10H2,(H2,24,26,27)/t12-,14-,15-,17-,18-,19-,22-/m1/s1. The number of aromatic nitrogens is 6. The molecule has 9 atom stereocenters. The Morgan fingerprint density at radius 1 is 0.950 bits per heavy atom. The summed E-state index contributed by atoms with van der Waals surface area (Å²) in [5.41, 5.74) is 6.48. The summed E-state index contributed by atoms with van der Waals surface area (Å²) in [4.78, 5) is 25.0. The Morgan fingerprint density at radius 2 is 1.77 bits per heavy atom. The number of ether oxygens (including phenoxy) is 2. The Balaban J connectivity index is 1.09. The van der Waals surface area contributed by atoms with Crippen molar-refractivity contribution >= 4 is 40.7 Å². The lowest BCUT2D eigenvalue weighted by Gasteiger charge is -2.24. The molecule has 2 unspecified atom stereocenters. The molecule has 2 bridgehead atoms. The molecule has 3 aliphatic heterocycles. The number of fused-ring (bicyclic) bond motifs is 5. The van der Waals surface area contributed by atoms with Crippen molar-refractivity contribution in [3.05, 3.63) is 53.6 Å². The highest BCUT2D eigenvalue weighted by Gasteiger charge is 2.47. The Labute approximate surface area is 230 Å². The molecule has 15 nitrogen and oxygen atoms in total. The smallest absolute Gasteiger partial charge is 0.258 e. The van der Waals surface area contributed by atoms with Gasteiger partial charge in [-0.3, -0.25) is 13.8 Å². The van der Waals surface area contributed by atoms with Gasteiger partial charge in [-0.1, -0.05) is 0 Å². The normalized spacial score (nSPS) is 33.1. The number of aliphatic hydroxyl groups excluding tert-OH is 1. The molecule has 212 valence electrons. The first-order valence-corrected chi connectivity index (χ1v) is 14.3. The van der Waals surface area contributed by atoms with Crippen LogP contribution in [0.25, 0.3) is 16.8 Å². The molecule has 0 aromatic carbocycles. The van der Waals surface area contributed by atoms with E-state index in [9.17, 15) is 9.90 Å². The van der Waals surface area contributed by atoms with Gasteiger partial charge in [0.15, 0.2) is 24.3 Å². The van der Waals surface area contributed by atoms with E-state index in [0.29, 0.717) is 30.3 Å². The number of nitrogens with two attached hydrogens (primary N) is 1. The monoisotopic (exact) mass is 591 g/mol. The van der Waals surface area contributed by atoms with E-state index in [2.05, 4.69) is 15.0 Å². The number of aliphatic hydroxyl groups is 1. The minimum atomic E-state index is -1.01. The zero-order valence-electron chi connectivity index (χ0n) is 21.0. The Kier molecular flexibility index (Phi) is 7.25. The van der Waals surface area contributed by atoms with Crippen LogP contribution in [0.3, 0.4) is 0 Å². The van der Waals surface area contributed by atoms with Crippen LogP contribution in [0.4, 0.5) is 5.82 Å². The fourth-order valence-corrected chi connectivity index (χ4v) is 6.66. The first-order valence-electron chi connectivity index (χ1n) is 12.7. The van der Waals surface area contributed by atoms with Crippen LogP contribution >= 0.6 is 18.1 Å². The molecule has 0 amide bonds. The van der Waals surface area contributed by atoms with Gasteiger partial charge in [-0.15, -0.1) is 0 Å². The van der Waals surface area contributed by atoms with E-state index >= 15 is 0 Å². The van der Waals surface area contributed by atoms with Crippen LogP contribution in [-0.4, -0.2) is 77.8 Å². The maximum absolute atomic E-state index is 12.2. The molecule has 0 radical (unpaired) electrons. The van der Waals surface area contributed by atoms with Gasteiger partial charge in [0, 0.05) is 43.2 Å². The first kappa shape index (κ1) is 26.3. The van der Waals surface area contributed by atoms with E-state index < -0.39 is 33.6 Å². The number of hydrogen-bond donors (Lipinski definition) is 2. The molecule has 7 heterocycles. The van der Waals surface area contributed by atoms with Gasteiger partial charge >= 0.3 is 0 Å². The van der Waals surface area contributed by atoms with Gasteiger partial charge < -0.3 is 43.0 Å². The molecule has 3 N–H and O–H groups in total. The Morgan fingerprint density at radius 3 is 2.70 bits per heavy atom. The molecule has 0 aliphatic carbocycles. The maximum Gasteiger partial charge on any atom is 0.258 e. The summed E-state index contributed by atoms with van der Waals surface area (Å²) in [5, 5.41) is 11.8. The lowest BCUT2D eigenvalue weighted by molar-refractivity contribution is -0.0445. The van der Waals surface area contributed by atoms with Crippen LogP contribution in [-0.2, 0) is 27.6 Å². The average Bonchev–Trinajstić information content (AvgIpc) is 3.74. The van der Waals surface area contributed by atoms with Crippen molar-refractivity contribution < 1.29 is 32.7 Å². The summed E-state index contributed by atoms with van der Waals surface area (Å²) >= 11 is 0. The predicted octanol–water partition coefficient (Wildman–Crippen LogP) is 1.15. The van der Waals surface area contributed by atoms with Gasteiger partial charge in [-0.05, 0) is 6.07 Å². The van der Waals surface area contributed by atoms with Gasteiger partial charge in [0.25, 0.3) is 5.56 Å². The third kappa shape index (κ3) is 4.71. The fourth-order valence-electron chi connectivity index (χ4n) is 5.39. The van der Waals surface area contributed by atoms with Crippen LogP contribution in [0.1, 0.15) is 18.9 Å². The van der Waals surface area contributed by atoms with Gasteiger partial charge in [-0.2, -0.15) is 0 Å². The molecule has 0 spiro atoms. The zero-order valence-corrected chi connectivity index (χ0v) is 23.0. The van der Waals surface area contributed by atoms with E-state index in [1.165, 1.54) is 23.0 Å². The third-order valence-corrected chi connectivity index (χ3v) is 8.64. The SMILES string of the molecule is Nc1ncnc2c1ccn2[C@H]1C[C@@H]2COPOC[C@H]3O[C@@H](n4ccc(=O)n5ccnc45)[C@H](OPOC[C@H]2O1)[C@@H]3O. The number of hydrogen-bond acceptors (Lipinski definition) is 12. The number of nitrogens with zero attached hydrogens (tertiary/aromatic N) is 6. The van der Waals surface area contributed by atoms with Crippen molar-refractivity contribution in [2.45, 2.75) is 43.3 Å².